The molecule has 2 nitrogen and oxygen atoms in total. The largest absolute Gasteiger partial charge is 0.362 e. The van der Waals surface area contributed by atoms with Crippen LogP contribution in [0.2, 0.25) is 0 Å². The molecule has 1 heterocycles. The number of H-pyrrole nitrogens is 1. The quantitative estimate of drug-likeness (QED) is 0.644. The number of fused-ring (bicyclic) bond motifs is 1. The summed E-state index contributed by atoms with van der Waals surface area (Å²) in [5.74, 6) is 0. The topological polar surface area (TPSA) is 32.9 Å². The highest BCUT2D eigenvalue weighted by molar-refractivity contribution is 5.30. The molecule has 0 saturated heterocycles. The normalized spacial score (nSPS) is 15.5. The van der Waals surface area contributed by atoms with E-state index in [1.807, 2.05) is 13.8 Å². The van der Waals surface area contributed by atoms with Crippen molar-refractivity contribution < 1.29 is 0 Å². The van der Waals surface area contributed by atoms with Crippen molar-refractivity contribution in [2.24, 2.45) is 0 Å². The fourth-order valence-corrected chi connectivity index (χ4v) is 2.01. The summed E-state index contributed by atoms with van der Waals surface area (Å²) in [7, 11) is 0. The van der Waals surface area contributed by atoms with E-state index < -0.39 is 0 Å². The van der Waals surface area contributed by atoms with E-state index in [-0.39, 0.29) is 5.43 Å². The number of aryl methyl sites for hydroxylation is 2. The molecule has 2 heteroatoms. The van der Waals surface area contributed by atoms with Crippen molar-refractivity contribution in [2.45, 2.75) is 39.5 Å². The van der Waals surface area contributed by atoms with Crippen molar-refractivity contribution in [2.75, 3.05) is 0 Å². The minimum Gasteiger partial charge on any atom is -0.362 e. The molecule has 2 rings (SSSR count). The first-order valence-corrected chi connectivity index (χ1v) is 4.91. The van der Waals surface area contributed by atoms with Crippen LogP contribution in [0.5, 0.6) is 0 Å². The van der Waals surface area contributed by atoms with Gasteiger partial charge in [0.15, 0.2) is 5.43 Å². The number of hydrogen-bond acceptors (Lipinski definition) is 1. The Morgan fingerprint density at radius 3 is 2.62 bits per heavy atom. The average Bonchev–Trinajstić information content (AvgIpc) is 2.15. The fraction of sp³-hybridized carbons (Fsp3) is 0.545. The SMILES string of the molecule is Cc1[nH]c2c(c(=O)c1C)CCCC2. The van der Waals surface area contributed by atoms with Crippen molar-refractivity contribution in [3.05, 3.63) is 32.7 Å². The van der Waals surface area contributed by atoms with Crippen LogP contribution >= 0.6 is 0 Å². The number of nitrogens with one attached hydrogen (secondary N) is 1. The average molecular weight is 177 g/mol. The van der Waals surface area contributed by atoms with E-state index in [9.17, 15) is 4.79 Å². The minimum atomic E-state index is 0.269. The molecule has 1 aromatic heterocycles. The third-order valence-corrected chi connectivity index (χ3v) is 2.98. The van der Waals surface area contributed by atoms with Crippen molar-refractivity contribution in [3.63, 3.8) is 0 Å². The zero-order valence-corrected chi connectivity index (χ0v) is 8.24. The van der Waals surface area contributed by atoms with E-state index in [0.717, 1.165) is 29.7 Å². The monoisotopic (exact) mass is 177 g/mol. The molecule has 0 unspecified atom stereocenters. The summed E-state index contributed by atoms with van der Waals surface area (Å²) in [6, 6.07) is 0. The van der Waals surface area contributed by atoms with Crippen LogP contribution in [-0.2, 0) is 12.8 Å². The number of rotatable bonds is 0. The second-order valence-corrected chi connectivity index (χ2v) is 3.87. The van der Waals surface area contributed by atoms with Crippen molar-refractivity contribution in [1.29, 1.82) is 0 Å². The molecule has 70 valence electrons. The van der Waals surface area contributed by atoms with E-state index >= 15 is 0 Å². The smallest absolute Gasteiger partial charge is 0.188 e. The Hall–Kier alpha value is -1.05. The van der Waals surface area contributed by atoms with Gasteiger partial charge in [-0.05, 0) is 39.5 Å². The highest BCUT2D eigenvalue weighted by Crippen LogP contribution is 2.17. The lowest BCUT2D eigenvalue weighted by molar-refractivity contribution is 0.659. The maximum atomic E-state index is 11.8. The zero-order chi connectivity index (χ0) is 9.42. The molecule has 0 atom stereocenters. The number of aromatic amines is 1. The van der Waals surface area contributed by atoms with Gasteiger partial charge in [-0.2, -0.15) is 0 Å². The lowest BCUT2D eigenvalue weighted by atomic mass is 9.94. The molecule has 13 heavy (non-hydrogen) atoms. The summed E-state index contributed by atoms with van der Waals surface area (Å²) in [4.78, 5) is 15.2. The van der Waals surface area contributed by atoms with E-state index in [4.69, 9.17) is 0 Å². The Morgan fingerprint density at radius 2 is 1.85 bits per heavy atom. The minimum absolute atomic E-state index is 0.269. The number of pyridine rings is 1. The lowest BCUT2D eigenvalue weighted by Crippen LogP contribution is -2.21. The standard InChI is InChI=1S/C11H15NO/c1-7-8(2)12-10-6-4-3-5-9(10)11(7)13/h3-6H2,1-2H3,(H,12,13). The molecule has 0 spiro atoms. The van der Waals surface area contributed by atoms with Crippen LogP contribution in [0.3, 0.4) is 0 Å². The molecule has 0 aromatic carbocycles. The second kappa shape index (κ2) is 3.02. The fourth-order valence-electron chi connectivity index (χ4n) is 2.01. The van der Waals surface area contributed by atoms with Gasteiger partial charge in [0.25, 0.3) is 0 Å². The van der Waals surface area contributed by atoms with Crippen LogP contribution in [0, 0.1) is 13.8 Å². The molecular weight excluding hydrogens is 162 g/mol. The molecule has 1 N–H and O–H groups in total. The number of hydrogen-bond donors (Lipinski definition) is 1. The first-order chi connectivity index (χ1) is 6.20. The lowest BCUT2D eigenvalue weighted by Gasteiger charge is -2.16. The van der Waals surface area contributed by atoms with Crippen molar-refractivity contribution >= 4 is 0 Å². The van der Waals surface area contributed by atoms with E-state index in [1.165, 1.54) is 18.5 Å². The van der Waals surface area contributed by atoms with E-state index in [1.54, 1.807) is 0 Å². The Labute approximate surface area is 78.0 Å². The Balaban J connectivity index is 2.68. The van der Waals surface area contributed by atoms with Crippen LogP contribution in [0.1, 0.15) is 35.4 Å². The van der Waals surface area contributed by atoms with Gasteiger partial charge in [0.1, 0.15) is 0 Å². The highest BCUT2D eigenvalue weighted by Gasteiger charge is 2.15. The summed E-state index contributed by atoms with van der Waals surface area (Å²) in [6.45, 7) is 3.88. The zero-order valence-electron chi connectivity index (χ0n) is 8.24. The van der Waals surface area contributed by atoms with Crippen LogP contribution in [0.4, 0.5) is 0 Å². The van der Waals surface area contributed by atoms with Gasteiger partial charge >= 0.3 is 0 Å². The first kappa shape index (κ1) is 8.54. The summed E-state index contributed by atoms with van der Waals surface area (Å²) < 4.78 is 0. The molecule has 1 aliphatic carbocycles. The van der Waals surface area contributed by atoms with Gasteiger partial charge in [-0.15, -0.1) is 0 Å². The summed E-state index contributed by atoms with van der Waals surface area (Å²) in [5, 5.41) is 0. The van der Waals surface area contributed by atoms with Crippen molar-refractivity contribution in [3.8, 4) is 0 Å². The van der Waals surface area contributed by atoms with Crippen LogP contribution in [0.25, 0.3) is 0 Å². The predicted molar refractivity (Wildman–Crippen MR) is 53.2 cm³/mol. The molecule has 0 saturated carbocycles. The summed E-state index contributed by atoms with van der Waals surface area (Å²) >= 11 is 0. The predicted octanol–water partition coefficient (Wildman–Crippen LogP) is 1.87. The van der Waals surface area contributed by atoms with Gasteiger partial charge in [0.05, 0.1) is 0 Å². The number of aromatic nitrogens is 1. The molecule has 1 aromatic rings. The molecular formula is C11H15NO. The maximum absolute atomic E-state index is 11.8. The molecule has 0 bridgehead atoms. The van der Waals surface area contributed by atoms with E-state index in [2.05, 4.69) is 4.98 Å². The molecule has 0 fully saturated rings. The van der Waals surface area contributed by atoms with E-state index in [0.29, 0.717) is 0 Å². The van der Waals surface area contributed by atoms with Gasteiger partial charge in [-0.25, -0.2) is 0 Å². The van der Waals surface area contributed by atoms with Crippen LogP contribution in [-0.4, -0.2) is 4.98 Å². The molecule has 0 aliphatic heterocycles. The van der Waals surface area contributed by atoms with Crippen LogP contribution in [0.15, 0.2) is 4.79 Å². The van der Waals surface area contributed by atoms with Gasteiger partial charge in [-0.3, -0.25) is 4.79 Å². The van der Waals surface area contributed by atoms with Gasteiger partial charge < -0.3 is 4.98 Å². The van der Waals surface area contributed by atoms with Crippen molar-refractivity contribution in [1.82, 2.24) is 4.98 Å². The summed E-state index contributed by atoms with van der Waals surface area (Å²) in [6.07, 6.45) is 4.39. The Kier molecular flexibility index (Phi) is 1.98. The van der Waals surface area contributed by atoms with Gasteiger partial charge in [0, 0.05) is 22.5 Å². The third-order valence-electron chi connectivity index (χ3n) is 2.98. The molecule has 0 amide bonds. The Morgan fingerprint density at radius 1 is 1.15 bits per heavy atom. The highest BCUT2D eigenvalue weighted by atomic mass is 16.1. The molecule has 1 aliphatic rings. The summed E-state index contributed by atoms with van der Waals surface area (Å²) in [5.41, 5.74) is 4.41. The Bertz CT molecular complexity index is 390. The van der Waals surface area contributed by atoms with Gasteiger partial charge in [-0.1, -0.05) is 0 Å². The van der Waals surface area contributed by atoms with Gasteiger partial charge in [0.2, 0.25) is 0 Å². The maximum Gasteiger partial charge on any atom is 0.188 e. The molecule has 0 radical (unpaired) electrons. The third kappa shape index (κ3) is 1.30. The van der Waals surface area contributed by atoms with Crippen LogP contribution < -0.4 is 5.43 Å². The first-order valence-electron chi connectivity index (χ1n) is 4.91. The second-order valence-electron chi connectivity index (χ2n) is 3.87.